The van der Waals surface area contributed by atoms with Crippen LogP contribution < -0.4 is 10.6 Å². The first-order valence-electron chi connectivity index (χ1n) is 7.03. The van der Waals surface area contributed by atoms with Crippen LogP contribution in [0.4, 0.5) is 0 Å². The molecule has 0 saturated heterocycles. The van der Waals surface area contributed by atoms with Gasteiger partial charge < -0.3 is 15.2 Å². The van der Waals surface area contributed by atoms with Crippen LogP contribution in [0.15, 0.2) is 29.1 Å². The molecule has 0 amide bonds. The summed E-state index contributed by atoms with van der Waals surface area (Å²) in [5, 5.41) is 9.76. The van der Waals surface area contributed by atoms with E-state index in [4.69, 9.17) is 0 Å². The average molecular weight is 434 g/mol. The molecule has 0 bridgehead atoms. The van der Waals surface area contributed by atoms with Crippen molar-refractivity contribution < 1.29 is 0 Å². The summed E-state index contributed by atoms with van der Waals surface area (Å²) < 4.78 is 2.02. The van der Waals surface area contributed by atoms with Gasteiger partial charge in [-0.1, -0.05) is 13.8 Å². The first kappa shape index (κ1) is 18.9. The van der Waals surface area contributed by atoms with Crippen molar-refractivity contribution in [3.63, 3.8) is 0 Å². The number of imidazole rings is 1. The maximum atomic E-state index is 4.60. The third-order valence-corrected chi connectivity index (χ3v) is 3.88. The molecule has 122 valence electrons. The highest BCUT2D eigenvalue weighted by molar-refractivity contribution is 14.0. The molecular weight excluding hydrogens is 411 g/mol. The number of halogens is 1. The summed E-state index contributed by atoms with van der Waals surface area (Å²) in [7, 11) is 1.77. The number of nitrogens with one attached hydrogen (secondary N) is 2. The van der Waals surface area contributed by atoms with E-state index in [0.717, 1.165) is 29.8 Å². The van der Waals surface area contributed by atoms with Crippen molar-refractivity contribution in [1.82, 2.24) is 25.2 Å². The summed E-state index contributed by atoms with van der Waals surface area (Å²) in [6, 6.07) is 0. The lowest BCUT2D eigenvalue weighted by molar-refractivity contribution is 0.661. The zero-order chi connectivity index (χ0) is 15.1. The Morgan fingerprint density at radius 2 is 2.23 bits per heavy atom. The topological polar surface area (TPSA) is 67.1 Å². The fourth-order valence-corrected chi connectivity index (χ4v) is 2.67. The molecule has 2 heterocycles. The van der Waals surface area contributed by atoms with Gasteiger partial charge in [-0.15, -0.1) is 35.3 Å². The molecular formula is C14H23IN6S. The SMILES string of the molecule is CN=C(NCCn1ccnc1)NCc1nc(C(C)C)cs1.I. The Hall–Kier alpha value is -1.16. The van der Waals surface area contributed by atoms with E-state index in [0.29, 0.717) is 12.5 Å². The van der Waals surface area contributed by atoms with Crippen molar-refractivity contribution >= 4 is 41.3 Å². The van der Waals surface area contributed by atoms with Gasteiger partial charge in [-0.3, -0.25) is 4.99 Å². The summed E-state index contributed by atoms with van der Waals surface area (Å²) >= 11 is 1.68. The Labute approximate surface area is 152 Å². The summed E-state index contributed by atoms with van der Waals surface area (Å²) in [5.74, 6) is 1.26. The van der Waals surface area contributed by atoms with Crippen molar-refractivity contribution in [2.24, 2.45) is 4.99 Å². The van der Waals surface area contributed by atoms with Crippen molar-refractivity contribution in [1.29, 1.82) is 0 Å². The van der Waals surface area contributed by atoms with E-state index in [2.05, 4.69) is 44.8 Å². The molecule has 2 rings (SSSR count). The molecule has 0 aliphatic carbocycles. The van der Waals surface area contributed by atoms with Gasteiger partial charge in [0.15, 0.2) is 5.96 Å². The fraction of sp³-hybridized carbons (Fsp3) is 0.500. The van der Waals surface area contributed by atoms with Gasteiger partial charge >= 0.3 is 0 Å². The molecule has 0 aliphatic heterocycles. The van der Waals surface area contributed by atoms with Gasteiger partial charge in [0, 0.05) is 37.9 Å². The second-order valence-corrected chi connectivity index (χ2v) is 5.92. The molecule has 2 N–H and O–H groups in total. The lowest BCUT2D eigenvalue weighted by Gasteiger charge is -2.11. The molecule has 6 nitrogen and oxygen atoms in total. The zero-order valence-electron chi connectivity index (χ0n) is 13.1. The minimum absolute atomic E-state index is 0. The summed E-state index contributed by atoms with van der Waals surface area (Å²) in [6.45, 7) is 6.66. The molecule has 0 saturated carbocycles. The molecule has 0 spiro atoms. The van der Waals surface area contributed by atoms with Crippen LogP contribution in [0.5, 0.6) is 0 Å². The standard InChI is InChI=1S/C14H22N6S.HI/c1-11(2)12-9-21-13(19-12)8-18-14(15-3)17-5-7-20-6-4-16-10-20;/h4,6,9-11H,5,7-8H2,1-3H3,(H2,15,17,18);1H. The minimum atomic E-state index is 0. The quantitative estimate of drug-likeness (QED) is 0.417. The maximum Gasteiger partial charge on any atom is 0.191 e. The number of aromatic nitrogens is 3. The van der Waals surface area contributed by atoms with E-state index in [1.807, 2.05) is 10.8 Å². The maximum absolute atomic E-state index is 4.60. The van der Waals surface area contributed by atoms with E-state index in [1.54, 1.807) is 30.9 Å². The third-order valence-electron chi connectivity index (χ3n) is 3.01. The van der Waals surface area contributed by atoms with Gasteiger partial charge in [-0.2, -0.15) is 0 Å². The number of hydrogen-bond donors (Lipinski definition) is 2. The summed E-state index contributed by atoms with van der Waals surface area (Å²) in [4.78, 5) is 12.8. The van der Waals surface area contributed by atoms with Crippen LogP contribution >= 0.6 is 35.3 Å². The summed E-state index contributed by atoms with van der Waals surface area (Å²) in [6.07, 6.45) is 5.53. The summed E-state index contributed by atoms with van der Waals surface area (Å²) in [5.41, 5.74) is 1.15. The Bertz CT molecular complexity index is 564. The van der Waals surface area contributed by atoms with E-state index >= 15 is 0 Å². The van der Waals surface area contributed by atoms with Crippen LogP contribution in [0.3, 0.4) is 0 Å². The number of hydrogen-bond acceptors (Lipinski definition) is 4. The van der Waals surface area contributed by atoms with Gasteiger partial charge in [0.05, 0.1) is 18.6 Å². The van der Waals surface area contributed by atoms with Crippen LogP contribution in [-0.2, 0) is 13.1 Å². The Morgan fingerprint density at radius 1 is 1.41 bits per heavy atom. The predicted octanol–water partition coefficient (Wildman–Crippen LogP) is 2.45. The van der Waals surface area contributed by atoms with Crippen LogP contribution in [0.1, 0.15) is 30.5 Å². The Balaban J connectivity index is 0.00000242. The number of guanidine groups is 1. The molecule has 0 aromatic carbocycles. The first-order valence-corrected chi connectivity index (χ1v) is 7.91. The second kappa shape index (κ2) is 9.78. The van der Waals surface area contributed by atoms with Gasteiger partial charge in [-0.05, 0) is 5.92 Å². The van der Waals surface area contributed by atoms with Gasteiger partial charge in [0.2, 0.25) is 0 Å². The highest BCUT2D eigenvalue weighted by Crippen LogP contribution is 2.17. The van der Waals surface area contributed by atoms with E-state index in [-0.39, 0.29) is 24.0 Å². The molecule has 2 aromatic heterocycles. The lowest BCUT2D eigenvalue weighted by Crippen LogP contribution is -2.38. The zero-order valence-corrected chi connectivity index (χ0v) is 16.3. The van der Waals surface area contributed by atoms with E-state index < -0.39 is 0 Å². The molecule has 0 atom stereocenters. The number of aliphatic imine (C=N–C) groups is 1. The van der Waals surface area contributed by atoms with Crippen molar-refractivity contribution in [3.05, 3.63) is 34.8 Å². The largest absolute Gasteiger partial charge is 0.355 e. The molecule has 8 heteroatoms. The highest BCUT2D eigenvalue weighted by atomic mass is 127. The van der Waals surface area contributed by atoms with Crippen LogP contribution in [0.25, 0.3) is 0 Å². The Morgan fingerprint density at radius 3 is 2.82 bits per heavy atom. The average Bonchev–Trinajstić information content (AvgIpc) is 3.13. The van der Waals surface area contributed by atoms with E-state index in [1.165, 1.54) is 0 Å². The number of nitrogens with zero attached hydrogens (tertiary/aromatic N) is 4. The lowest BCUT2D eigenvalue weighted by atomic mass is 10.2. The smallest absolute Gasteiger partial charge is 0.191 e. The molecule has 0 aliphatic rings. The van der Waals surface area contributed by atoms with Crippen molar-refractivity contribution in [2.45, 2.75) is 32.9 Å². The first-order chi connectivity index (χ1) is 10.2. The van der Waals surface area contributed by atoms with Gasteiger partial charge in [-0.25, -0.2) is 9.97 Å². The second-order valence-electron chi connectivity index (χ2n) is 4.97. The van der Waals surface area contributed by atoms with Crippen molar-refractivity contribution in [3.8, 4) is 0 Å². The molecule has 2 aromatic rings. The fourth-order valence-electron chi connectivity index (χ4n) is 1.77. The number of rotatable bonds is 6. The monoisotopic (exact) mass is 434 g/mol. The van der Waals surface area contributed by atoms with Crippen molar-refractivity contribution in [2.75, 3.05) is 13.6 Å². The normalized spacial score (nSPS) is 11.4. The predicted molar refractivity (Wildman–Crippen MR) is 102 cm³/mol. The number of thiazole rings is 1. The molecule has 0 radical (unpaired) electrons. The Kier molecular flexibility index (Phi) is 8.39. The van der Waals surface area contributed by atoms with Crippen LogP contribution in [0.2, 0.25) is 0 Å². The minimum Gasteiger partial charge on any atom is -0.355 e. The third kappa shape index (κ3) is 5.91. The van der Waals surface area contributed by atoms with Crippen LogP contribution in [-0.4, -0.2) is 34.1 Å². The highest BCUT2D eigenvalue weighted by Gasteiger charge is 2.06. The van der Waals surface area contributed by atoms with Gasteiger partial charge in [0.1, 0.15) is 5.01 Å². The molecule has 22 heavy (non-hydrogen) atoms. The van der Waals surface area contributed by atoms with E-state index in [9.17, 15) is 0 Å². The van der Waals surface area contributed by atoms with Crippen LogP contribution in [0, 0.1) is 0 Å². The van der Waals surface area contributed by atoms with Gasteiger partial charge in [0.25, 0.3) is 0 Å². The molecule has 0 fully saturated rings. The molecule has 0 unspecified atom stereocenters.